The second kappa shape index (κ2) is 9.92. The lowest BCUT2D eigenvalue weighted by Crippen LogP contribution is -2.26. The minimum absolute atomic E-state index is 0.0587. The predicted molar refractivity (Wildman–Crippen MR) is 131 cm³/mol. The van der Waals surface area contributed by atoms with Crippen molar-refractivity contribution >= 4 is 58.0 Å². The Morgan fingerprint density at radius 1 is 0.972 bits per heavy atom. The van der Waals surface area contributed by atoms with Crippen molar-refractivity contribution in [3.8, 4) is 0 Å². The molecule has 0 aliphatic heterocycles. The minimum atomic E-state index is -2.91. The highest BCUT2D eigenvalue weighted by Crippen LogP contribution is 2.65. The van der Waals surface area contributed by atoms with E-state index in [0.717, 1.165) is 12.1 Å². The molecule has 3 aromatic carbocycles. The smallest absolute Gasteiger partial charge is 0.263 e. The van der Waals surface area contributed by atoms with Crippen LogP contribution in [0.5, 0.6) is 0 Å². The topological polar surface area (TPSA) is 49.4 Å². The molecule has 11 heteroatoms. The van der Waals surface area contributed by atoms with E-state index < -0.39 is 51.6 Å². The van der Waals surface area contributed by atoms with Crippen LogP contribution in [-0.4, -0.2) is 23.2 Å². The number of nitrogens with one attached hydrogen (secondary N) is 1. The molecule has 0 heterocycles. The first kappa shape index (κ1) is 26.3. The van der Waals surface area contributed by atoms with Crippen LogP contribution in [0, 0.1) is 17.6 Å². The second-order valence-electron chi connectivity index (χ2n) is 8.27. The van der Waals surface area contributed by atoms with Crippen LogP contribution in [0.1, 0.15) is 33.8 Å². The summed E-state index contributed by atoms with van der Waals surface area (Å²) in [7, 11) is 1.48. The molecule has 0 radical (unpaired) electrons. The van der Waals surface area contributed by atoms with Crippen molar-refractivity contribution in [1.29, 1.82) is 0 Å². The first-order valence-corrected chi connectivity index (χ1v) is 11.6. The van der Waals surface area contributed by atoms with E-state index in [9.17, 15) is 27.2 Å². The molecule has 3 aromatic rings. The summed E-state index contributed by atoms with van der Waals surface area (Å²) in [6, 6.07) is 12.2. The van der Waals surface area contributed by atoms with Gasteiger partial charge in [0.2, 0.25) is 5.91 Å². The number of nitrogens with zero attached hydrogens (tertiary/aromatic N) is 1. The molecule has 0 unspecified atom stereocenters. The first-order chi connectivity index (χ1) is 16.9. The Hall–Kier alpha value is -2.81. The average Bonchev–Trinajstić information content (AvgIpc) is 3.41. The number of amides is 2. The fourth-order valence-corrected chi connectivity index (χ4v) is 4.99. The summed E-state index contributed by atoms with van der Waals surface area (Å²) in [5.41, 5.74) is 0.195. The van der Waals surface area contributed by atoms with Crippen LogP contribution in [0.3, 0.4) is 0 Å². The van der Waals surface area contributed by atoms with E-state index in [1.165, 1.54) is 54.4 Å². The van der Waals surface area contributed by atoms with E-state index >= 15 is 0 Å². The third kappa shape index (κ3) is 5.16. The van der Waals surface area contributed by atoms with Gasteiger partial charge in [-0.1, -0.05) is 11.6 Å². The van der Waals surface area contributed by atoms with E-state index in [4.69, 9.17) is 34.8 Å². The molecule has 1 saturated carbocycles. The van der Waals surface area contributed by atoms with Crippen molar-refractivity contribution in [2.75, 3.05) is 17.3 Å². The average molecular weight is 560 g/mol. The molecule has 1 aliphatic rings. The van der Waals surface area contributed by atoms with Gasteiger partial charge in [-0.05, 0) is 66.2 Å². The lowest BCUT2D eigenvalue weighted by atomic mass is 10.0. The van der Waals surface area contributed by atoms with Crippen LogP contribution in [-0.2, 0) is 4.79 Å². The zero-order valence-electron chi connectivity index (χ0n) is 18.4. The van der Waals surface area contributed by atoms with E-state index in [1.807, 2.05) is 0 Å². The summed E-state index contributed by atoms with van der Waals surface area (Å²) in [6.45, 7) is 0. The lowest BCUT2D eigenvalue weighted by Gasteiger charge is -2.18. The van der Waals surface area contributed by atoms with Crippen LogP contribution >= 0.6 is 34.8 Å². The second-order valence-corrected chi connectivity index (χ2v) is 10.1. The molecule has 36 heavy (non-hydrogen) atoms. The molecule has 0 saturated heterocycles. The van der Waals surface area contributed by atoms with Gasteiger partial charge in [0.15, 0.2) is 0 Å². The Balaban J connectivity index is 1.54. The summed E-state index contributed by atoms with van der Waals surface area (Å²) >= 11 is 18.7. The third-order valence-electron chi connectivity index (χ3n) is 5.87. The molecular formula is C25H17Cl3F4N2O2. The highest BCUT2D eigenvalue weighted by Gasteiger charge is 2.67. The molecule has 4 nitrogen and oxygen atoms in total. The molecule has 0 spiro atoms. The number of rotatable bonds is 6. The SMILES string of the molecule is CN(C(=O)c1cc(NC(=O)[C@@H]2[C@@H](c3cc(F)cc(C(F)F)c3)C2(Cl)Cl)ccc1Cl)c1ccc(F)cc1. The maximum atomic E-state index is 13.9. The Morgan fingerprint density at radius 2 is 1.64 bits per heavy atom. The zero-order valence-corrected chi connectivity index (χ0v) is 20.7. The molecule has 1 fully saturated rings. The molecule has 1 aliphatic carbocycles. The molecule has 188 valence electrons. The Labute approximate surface area is 218 Å². The molecule has 0 bridgehead atoms. The maximum absolute atomic E-state index is 13.9. The van der Waals surface area contributed by atoms with E-state index in [2.05, 4.69) is 5.32 Å². The largest absolute Gasteiger partial charge is 0.326 e. The van der Waals surface area contributed by atoms with E-state index in [-0.39, 0.29) is 21.8 Å². The number of alkyl halides is 4. The number of anilines is 2. The van der Waals surface area contributed by atoms with Gasteiger partial charge in [0.1, 0.15) is 16.0 Å². The van der Waals surface area contributed by atoms with Crippen molar-refractivity contribution in [3.63, 3.8) is 0 Å². The van der Waals surface area contributed by atoms with Crippen LogP contribution < -0.4 is 10.2 Å². The Morgan fingerprint density at radius 3 is 2.28 bits per heavy atom. The number of carbonyl (C=O) groups excluding carboxylic acids is 2. The molecule has 0 aromatic heterocycles. The highest BCUT2D eigenvalue weighted by molar-refractivity contribution is 6.53. The first-order valence-electron chi connectivity index (χ1n) is 10.5. The van der Waals surface area contributed by atoms with Gasteiger partial charge in [0, 0.05) is 29.9 Å². The van der Waals surface area contributed by atoms with Crippen molar-refractivity contribution in [2.24, 2.45) is 5.92 Å². The third-order valence-corrected chi connectivity index (χ3v) is 7.14. The summed E-state index contributed by atoms with van der Waals surface area (Å²) in [5.74, 6) is -4.52. The minimum Gasteiger partial charge on any atom is -0.326 e. The molecular weight excluding hydrogens is 543 g/mol. The van der Waals surface area contributed by atoms with Crippen LogP contribution in [0.15, 0.2) is 60.7 Å². The van der Waals surface area contributed by atoms with Crippen molar-refractivity contribution in [1.82, 2.24) is 0 Å². The fourth-order valence-electron chi connectivity index (χ4n) is 3.96. The zero-order chi connectivity index (χ0) is 26.4. The summed E-state index contributed by atoms with van der Waals surface area (Å²) in [5, 5.41) is 2.70. The maximum Gasteiger partial charge on any atom is 0.263 e. The molecule has 1 N–H and O–H groups in total. The van der Waals surface area contributed by atoms with Gasteiger partial charge >= 0.3 is 0 Å². The summed E-state index contributed by atoms with van der Waals surface area (Å²) in [4.78, 5) is 27.2. The fraction of sp³-hybridized carbons (Fsp3) is 0.200. The van der Waals surface area contributed by atoms with Crippen molar-refractivity contribution < 1.29 is 27.2 Å². The monoisotopic (exact) mass is 558 g/mol. The summed E-state index contributed by atoms with van der Waals surface area (Å²) < 4.78 is 51.6. The van der Waals surface area contributed by atoms with Gasteiger partial charge < -0.3 is 10.2 Å². The van der Waals surface area contributed by atoms with Crippen LogP contribution in [0.2, 0.25) is 5.02 Å². The quantitative estimate of drug-likeness (QED) is 0.253. The normalized spacial score (nSPS) is 18.1. The van der Waals surface area contributed by atoms with Gasteiger partial charge in [-0.3, -0.25) is 9.59 Å². The van der Waals surface area contributed by atoms with Gasteiger partial charge in [-0.15, -0.1) is 23.2 Å². The number of halogens is 7. The van der Waals surface area contributed by atoms with E-state index in [0.29, 0.717) is 11.8 Å². The number of hydrogen-bond donors (Lipinski definition) is 1. The van der Waals surface area contributed by atoms with Gasteiger partial charge in [-0.2, -0.15) is 0 Å². The molecule has 2 atom stereocenters. The Kier molecular flexibility index (Phi) is 7.23. The van der Waals surface area contributed by atoms with Gasteiger partial charge in [0.05, 0.1) is 16.5 Å². The molecule has 2 amide bonds. The van der Waals surface area contributed by atoms with Crippen molar-refractivity contribution in [2.45, 2.75) is 16.7 Å². The number of benzene rings is 3. The van der Waals surface area contributed by atoms with Crippen molar-refractivity contribution in [3.05, 3.63) is 94.0 Å². The Bertz CT molecular complexity index is 1340. The number of carbonyl (C=O) groups is 2. The predicted octanol–water partition coefficient (Wildman–Crippen LogP) is 7.36. The van der Waals surface area contributed by atoms with Gasteiger partial charge in [-0.25, -0.2) is 17.6 Å². The van der Waals surface area contributed by atoms with E-state index in [1.54, 1.807) is 0 Å². The van der Waals surface area contributed by atoms with Crippen LogP contribution in [0.25, 0.3) is 0 Å². The lowest BCUT2D eigenvalue weighted by molar-refractivity contribution is -0.117. The highest BCUT2D eigenvalue weighted by atomic mass is 35.5. The number of hydrogen-bond acceptors (Lipinski definition) is 2. The van der Waals surface area contributed by atoms with Crippen LogP contribution in [0.4, 0.5) is 28.9 Å². The standard InChI is InChI=1S/C25H17Cl3F4N2O2/c1-34(17-5-2-14(29)3-6-17)24(36)18-11-16(4-7-19(18)26)33-23(35)21-20(25(21,27)28)12-8-13(22(31)32)10-15(30)9-12/h2-11,20-22H,1H3,(H,33,35)/t20-,21+/m1/s1. The molecule has 4 rings (SSSR count). The summed E-state index contributed by atoms with van der Waals surface area (Å²) in [6.07, 6.45) is -2.91. The van der Waals surface area contributed by atoms with Gasteiger partial charge in [0.25, 0.3) is 12.3 Å².